The van der Waals surface area contributed by atoms with Crippen LogP contribution in [0.15, 0.2) is 42.5 Å². The maximum absolute atomic E-state index is 14.2. The van der Waals surface area contributed by atoms with Crippen molar-refractivity contribution in [1.29, 1.82) is 0 Å². The summed E-state index contributed by atoms with van der Waals surface area (Å²) < 4.78 is 14.2. The van der Waals surface area contributed by atoms with E-state index in [4.69, 9.17) is 0 Å². The third-order valence-electron chi connectivity index (χ3n) is 3.95. The van der Waals surface area contributed by atoms with Crippen LogP contribution in [0.3, 0.4) is 0 Å². The number of carbonyl (C=O) groups is 1. The molecule has 0 atom stereocenters. The number of nitrogens with zero attached hydrogens (tertiary/aromatic N) is 1. The van der Waals surface area contributed by atoms with E-state index in [0.29, 0.717) is 13.1 Å². The molecule has 4 heteroatoms. The van der Waals surface area contributed by atoms with E-state index in [1.54, 1.807) is 0 Å². The van der Waals surface area contributed by atoms with Gasteiger partial charge in [0.15, 0.2) is 0 Å². The molecular formula is C17H16FNO2. The lowest BCUT2D eigenvalue weighted by Crippen LogP contribution is -2.28. The van der Waals surface area contributed by atoms with Gasteiger partial charge in [-0.3, -0.25) is 0 Å². The lowest BCUT2D eigenvalue weighted by Gasteiger charge is -2.24. The topological polar surface area (TPSA) is 40.5 Å². The predicted molar refractivity (Wildman–Crippen MR) is 79.4 cm³/mol. The molecule has 1 N–H and O–H groups in total. The number of anilines is 1. The van der Waals surface area contributed by atoms with Crippen molar-refractivity contribution in [2.45, 2.75) is 12.8 Å². The molecule has 108 valence electrons. The first-order valence-corrected chi connectivity index (χ1v) is 7.00. The molecule has 0 bridgehead atoms. The molecule has 0 saturated carbocycles. The van der Waals surface area contributed by atoms with Crippen molar-refractivity contribution in [2.75, 3.05) is 18.0 Å². The number of carboxylic acid groups (broad SMARTS) is 1. The Hall–Kier alpha value is -2.36. The second-order valence-corrected chi connectivity index (χ2v) is 5.20. The standard InChI is InChI=1S/C17H16FNO2/c18-15-7-3-6-14(17(20)21)16(15)19-10-8-12-4-1-2-5-13(12)9-11-19/h1-7H,8-11H2,(H,20,21). The predicted octanol–water partition coefficient (Wildman–Crippen LogP) is 3.13. The molecule has 0 spiro atoms. The Balaban J connectivity index is 1.95. The number of aromatic carboxylic acids is 1. The number of benzene rings is 2. The van der Waals surface area contributed by atoms with E-state index in [2.05, 4.69) is 12.1 Å². The fraction of sp³-hybridized carbons (Fsp3) is 0.235. The molecule has 1 aliphatic heterocycles. The van der Waals surface area contributed by atoms with Gasteiger partial charge in [-0.15, -0.1) is 0 Å². The normalized spacial score (nSPS) is 14.4. The molecule has 0 amide bonds. The fourth-order valence-electron chi connectivity index (χ4n) is 2.90. The first-order valence-electron chi connectivity index (χ1n) is 7.00. The van der Waals surface area contributed by atoms with E-state index in [-0.39, 0.29) is 11.3 Å². The van der Waals surface area contributed by atoms with Crippen molar-refractivity contribution in [3.63, 3.8) is 0 Å². The van der Waals surface area contributed by atoms with Crippen LogP contribution in [0.1, 0.15) is 21.5 Å². The van der Waals surface area contributed by atoms with Gasteiger partial charge in [0.05, 0.1) is 11.3 Å². The molecule has 2 aromatic rings. The Labute approximate surface area is 122 Å². The minimum atomic E-state index is -1.09. The van der Waals surface area contributed by atoms with Crippen LogP contribution in [0, 0.1) is 5.82 Å². The molecule has 0 saturated heterocycles. The SMILES string of the molecule is O=C(O)c1cccc(F)c1N1CCc2ccccc2CC1. The third-order valence-corrected chi connectivity index (χ3v) is 3.95. The van der Waals surface area contributed by atoms with Gasteiger partial charge in [-0.25, -0.2) is 9.18 Å². The maximum atomic E-state index is 14.2. The lowest BCUT2D eigenvalue weighted by atomic mass is 10.0. The van der Waals surface area contributed by atoms with Crippen molar-refractivity contribution >= 4 is 11.7 Å². The molecule has 21 heavy (non-hydrogen) atoms. The number of hydrogen-bond acceptors (Lipinski definition) is 2. The number of hydrogen-bond donors (Lipinski definition) is 1. The van der Waals surface area contributed by atoms with Gasteiger partial charge in [0.1, 0.15) is 5.82 Å². The number of halogens is 1. The lowest BCUT2D eigenvalue weighted by molar-refractivity contribution is 0.0697. The van der Waals surface area contributed by atoms with Crippen molar-refractivity contribution in [2.24, 2.45) is 0 Å². The van der Waals surface area contributed by atoms with E-state index < -0.39 is 11.8 Å². The average Bonchev–Trinajstić information content (AvgIpc) is 2.69. The maximum Gasteiger partial charge on any atom is 0.337 e. The average molecular weight is 285 g/mol. The van der Waals surface area contributed by atoms with Gasteiger partial charge in [0.2, 0.25) is 0 Å². The van der Waals surface area contributed by atoms with E-state index in [9.17, 15) is 14.3 Å². The molecule has 0 radical (unpaired) electrons. The summed E-state index contributed by atoms with van der Waals surface area (Å²) in [5.41, 5.74) is 2.75. The molecule has 0 fully saturated rings. The monoisotopic (exact) mass is 285 g/mol. The highest BCUT2D eigenvalue weighted by atomic mass is 19.1. The van der Waals surface area contributed by atoms with E-state index >= 15 is 0 Å². The zero-order valence-electron chi connectivity index (χ0n) is 11.6. The summed E-state index contributed by atoms with van der Waals surface area (Å²) in [6.07, 6.45) is 1.59. The fourth-order valence-corrected chi connectivity index (χ4v) is 2.90. The zero-order chi connectivity index (χ0) is 14.8. The second-order valence-electron chi connectivity index (χ2n) is 5.20. The summed E-state index contributed by atoms with van der Waals surface area (Å²) in [5.74, 6) is -1.56. The van der Waals surface area contributed by atoms with Crippen LogP contribution >= 0.6 is 0 Å². The van der Waals surface area contributed by atoms with Crippen LogP contribution in [-0.4, -0.2) is 24.2 Å². The molecular weight excluding hydrogens is 269 g/mol. The van der Waals surface area contributed by atoms with Crippen molar-refractivity contribution in [3.8, 4) is 0 Å². The highest BCUT2D eigenvalue weighted by molar-refractivity contribution is 5.94. The molecule has 3 rings (SSSR count). The Morgan fingerprint density at radius 2 is 1.62 bits per heavy atom. The van der Waals surface area contributed by atoms with Crippen LogP contribution in [0.2, 0.25) is 0 Å². The molecule has 0 aromatic heterocycles. The molecule has 0 unspecified atom stereocenters. The van der Waals surface area contributed by atoms with Gasteiger partial charge < -0.3 is 10.0 Å². The van der Waals surface area contributed by atoms with E-state index in [1.807, 2.05) is 17.0 Å². The number of para-hydroxylation sites is 1. The van der Waals surface area contributed by atoms with Gasteiger partial charge in [-0.05, 0) is 36.1 Å². The molecule has 0 aliphatic carbocycles. The van der Waals surface area contributed by atoms with Gasteiger partial charge in [0.25, 0.3) is 0 Å². The smallest absolute Gasteiger partial charge is 0.337 e. The van der Waals surface area contributed by atoms with Crippen LogP contribution in [0.4, 0.5) is 10.1 Å². The second kappa shape index (κ2) is 5.56. The number of carboxylic acids is 1. The Bertz CT molecular complexity index is 657. The summed E-state index contributed by atoms with van der Waals surface area (Å²) in [7, 11) is 0. The largest absolute Gasteiger partial charge is 0.478 e. The summed E-state index contributed by atoms with van der Waals surface area (Å²) in [4.78, 5) is 13.2. The summed E-state index contributed by atoms with van der Waals surface area (Å²) in [5, 5.41) is 9.27. The first kappa shape index (κ1) is 13.6. The van der Waals surface area contributed by atoms with Crippen molar-refractivity contribution in [1.82, 2.24) is 0 Å². The van der Waals surface area contributed by atoms with Gasteiger partial charge in [-0.1, -0.05) is 30.3 Å². The van der Waals surface area contributed by atoms with Crippen LogP contribution < -0.4 is 4.90 Å². The van der Waals surface area contributed by atoms with Gasteiger partial charge >= 0.3 is 5.97 Å². The minimum Gasteiger partial charge on any atom is -0.478 e. The summed E-state index contributed by atoms with van der Waals surface area (Å²) in [6, 6.07) is 12.4. The Morgan fingerprint density at radius 1 is 1.00 bits per heavy atom. The van der Waals surface area contributed by atoms with E-state index in [1.165, 1.54) is 29.3 Å². The van der Waals surface area contributed by atoms with Gasteiger partial charge in [0, 0.05) is 13.1 Å². The molecule has 3 nitrogen and oxygen atoms in total. The van der Waals surface area contributed by atoms with Crippen LogP contribution in [0.5, 0.6) is 0 Å². The van der Waals surface area contributed by atoms with Crippen LogP contribution in [-0.2, 0) is 12.8 Å². The van der Waals surface area contributed by atoms with Crippen LogP contribution in [0.25, 0.3) is 0 Å². The van der Waals surface area contributed by atoms with E-state index in [0.717, 1.165) is 12.8 Å². The number of rotatable bonds is 2. The summed E-state index contributed by atoms with van der Waals surface area (Å²) >= 11 is 0. The quantitative estimate of drug-likeness (QED) is 0.921. The summed E-state index contributed by atoms with van der Waals surface area (Å²) in [6.45, 7) is 1.25. The molecule has 1 aliphatic rings. The first-order chi connectivity index (χ1) is 10.2. The molecule has 2 aromatic carbocycles. The Morgan fingerprint density at radius 3 is 2.19 bits per heavy atom. The Kier molecular flexibility index (Phi) is 3.60. The van der Waals surface area contributed by atoms with Crippen molar-refractivity contribution < 1.29 is 14.3 Å². The highest BCUT2D eigenvalue weighted by Gasteiger charge is 2.22. The molecule has 1 heterocycles. The third kappa shape index (κ3) is 2.61. The zero-order valence-corrected chi connectivity index (χ0v) is 11.6. The van der Waals surface area contributed by atoms with Gasteiger partial charge in [-0.2, -0.15) is 0 Å². The van der Waals surface area contributed by atoms with Crippen molar-refractivity contribution in [3.05, 3.63) is 65.0 Å². The number of fused-ring (bicyclic) bond motifs is 1. The minimum absolute atomic E-state index is 0.0287. The highest BCUT2D eigenvalue weighted by Crippen LogP contribution is 2.27.